The van der Waals surface area contributed by atoms with Gasteiger partial charge in [-0.05, 0) is 75.6 Å². The van der Waals surface area contributed by atoms with E-state index in [0.29, 0.717) is 35.7 Å². The molecule has 2 heterocycles. The number of nitrogens with one attached hydrogen (secondary N) is 1. The number of carbonyl (C=O) groups excluding carboxylic acids is 3. The van der Waals surface area contributed by atoms with E-state index in [2.05, 4.69) is 10.3 Å². The number of nitrogens with zero attached hydrogens (tertiary/aromatic N) is 3. The lowest BCUT2D eigenvalue weighted by molar-refractivity contribution is -0.0149. The van der Waals surface area contributed by atoms with Gasteiger partial charge in [0.05, 0.1) is 30.4 Å². The number of aliphatic hydroxyl groups excluding tert-OH is 1. The van der Waals surface area contributed by atoms with Gasteiger partial charge in [-0.25, -0.2) is 0 Å². The molecule has 45 heavy (non-hydrogen) atoms. The van der Waals surface area contributed by atoms with Crippen molar-refractivity contribution in [3.8, 4) is 5.75 Å². The average molecular weight is 617 g/mol. The van der Waals surface area contributed by atoms with E-state index in [0.717, 1.165) is 19.3 Å². The Bertz CT molecular complexity index is 1420. The third-order valence-corrected chi connectivity index (χ3v) is 8.07. The summed E-state index contributed by atoms with van der Waals surface area (Å²) < 4.78 is 12.6. The Morgan fingerprint density at radius 2 is 1.80 bits per heavy atom. The standard InChI is InChI=1S/C35H44N4O6/c1-24-21-39(25(2)23-40)35(43)30-20-29(37-33(41)27-15-17-36-18-16-27)13-14-31(30)45-26(3)10-8-9-19-44-32(24)22-38(4)34(42)28-11-6-5-7-12-28/h5-7,11-18,20,24-26,32,40H,8-10,19,21-23H2,1-4H3,(H,37,41)/t24-,25+,26+,32+/m1/s1. The molecular weight excluding hydrogens is 572 g/mol. The minimum atomic E-state index is -0.516. The molecule has 0 saturated heterocycles. The summed E-state index contributed by atoms with van der Waals surface area (Å²) in [7, 11) is 1.76. The molecule has 0 saturated carbocycles. The first-order valence-electron chi connectivity index (χ1n) is 15.5. The van der Waals surface area contributed by atoms with Crippen molar-refractivity contribution in [2.45, 2.75) is 58.3 Å². The summed E-state index contributed by atoms with van der Waals surface area (Å²) in [6.45, 7) is 6.60. The second kappa shape index (κ2) is 16.2. The first-order chi connectivity index (χ1) is 21.7. The van der Waals surface area contributed by atoms with Gasteiger partial charge in [0.2, 0.25) is 0 Å². The van der Waals surface area contributed by atoms with Crippen LogP contribution < -0.4 is 10.1 Å². The SMILES string of the molecule is C[C@@H]1CN([C@@H](C)CO)C(=O)c2cc(NC(=O)c3ccncc3)ccc2O[C@@H](C)CCCCO[C@H]1CN(C)C(=O)c1ccccc1. The van der Waals surface area contributed by atoms with Crippen LogP contribution in [0, 0.1) is 5.92 Å². The largest absolute Gasteiger partial charge is 0.490 e. The molecule has 2 aromatic carbocycles. The molecule has 10 heteroatoms. The van der Waals surface area contributed by atoms with Crippen LogP contribution >= 0.6 is 0 Å². The maximum absolute atomic E-state index is 14.3. The topological polar surface area (TPSA) is 121 Å². The Balaban J connectivity index is 1.63. The van der Waals surface area contributed by atoms with E-state index < -0.39 is 6.04 Å². The first kappa shape index (κ1) is 33.6. The van der Waals surface area contributed by atoms with Crippen molar-refractivity contribution in [2.24, 2.45) is 5.92 Å². The molecular formula is C35H44N4O6. The molecule has 0 unspecified atom stereocenters. The molecule has 2 N–H and O–H groups in total. The third kappa shape index (κ3) is 9.12. The predicted molar refractivity (Wildman–Crippen MR) is 172 cm³/mol. The van der Waals surface area contributed by atoms with Crippen molar-refractivity contribution < 1.29 is 29.0 Å². The van der Waals surface area contributed by atoms with Gasteiger partial charge in [0.15, 0.2) is 0 Å². The second-order valence-corrected chi connectivity index (χ2v) is 11.8. The van der Waals surface area contributed by atoms with E-state index in [9.17, 15) is 19.5 Å². The number of likely N-dealkylation sites (N-methyl/N-ethyl adjacent to an activating group) is 1. The van der Waals surface area contributed by atoms with Crippen molar-refractivity contribution in [2.75, 3.05) is 38.7 Å². The minimum Gasteiger partial charge on any atom is -0.490 e. The molecule has 1 aliphatic rings. The Morgan fingerprint density at radius 1 is 1.07 bits per heavy atom. The van der Waals surface area contributed by atoms with Gasteiger partial charge in [-0.1, -0.05) is 25.1 Å². The number of hydrogen-bond acceptors (Lipinski definition) is 7. The fraction of sp³-hybridized carbons (Fsp3) is 0.429. The molecule has 4 atom stereocenters. The van der Waals surface area contributed by atoms with Crippen LogP contribution in [0.25, 0.3) is 0 Å². The van der Waals surface area contributed by atoms with Crippen LogP contribution in [0.5, 0.6) is 5.75 Å². The number of aromatic nitrogens is 1. The van der Waals surface area contributed by atoms with Gasteiger partial charge in [-0.2, -0.15) is 0 Å². The molecule has 3 aromatic rings. The molecule has 1 aromatic heterocycles. The number of benzene rings is 2. The normalized spacial score (nSPS) is 20.2. The van der Waals surface area contributed by atoms with Gasteiger partial charge in [0.25, 0.3) is 17.7 Å². The van der Waals surface area contributed by atoms with E-state index in [4.69, 9.17) is 9.47 Å². The van der Waals surface area contributed by atoms with Crippen LogP contribution in [0.3, 0.4) is 0 Å². The number of rotatable bonds is 7. The summed E-state index contributed by atoms with van der Waals surface area (Å²) in [6, 6.07) is 16.9. The summed E-state index contributed by atoms with van der Waals surface area (Å²) in [5.41, 5.74) is 1.75. The second-order valence-electron chi connectivity index (χ2n) is 11.8. The summed E-state index contributed by atoms with van der Waals surface area (Å²) >= 11 is 0. The molecule has 240 valence electrons. The summed E-state index contributed by atoms with van der Waals surface area (Å²) in [6.07, 6.45) is 4.97. The van der Waals surface area contributed by atoms with Gasteiger partial charge >= 0.3 is 0 Å². The average Bonchev–Trinajstić information content (AvgIpc) is 3.06. The van der Waals surface area contributed by atoms with E-state index in [-0.39, 0.29) is 54.6 Å². The number of pyridine rings is 1. The summed E-state index contributed by atoms with van der Waals surface area (Å²) in [5.74, 6) is -0.549. The zero-order valence-corrected chi connectivity index (χ0v) is 26.5. The van der Waals surface area contributed by atoms with Crippen molar-refractivity contribution in [1.82, 2.24) is 14.8 Å². The minimum absolute atomic E-state index is 0.108. The monoisotopic (exact) mass is 616 g/mol. The fourth-order valence-corrected chi connectivity index (χ4v) is 5.32. The van der Waals surface area contributed by atoms with Crippen molar-refractivity contribution in [3.63, 3.8) is 0 Å². The van der Waals surface area contributed by atoms with Crippen LogP contribution in [0.15, 0.2) is 73.1 Å². The molecule has 0 aliphatic carbocycles. The zero-order valence-electron chi connectivity index (χ0n) is 26.5. The third-order valence-electron chi connectivity index (χ3n) is 8.07. The summed E-state index contributed by atoms with van der Waals surface area (Å²) in [5, 5.41) is 13.1. The van der Waals surface area contributed by atoms with Gasteiger partial charge in [-0.3, -0.25) is 19.4 Å². The fourth-order valence-electron chi connectivity index (χ4n) is 5.32. The van der Waals surface area contributed by atoms with Gasteiger partial charge in [-0.15, -0.1) is 0 Å². The van der Waals surface area contributed by atoms with Crippen LogP contribution in [0.1, 0.15) is 71.1 Å². The quantitative estimate of drug-likeness (QED) is 0.387. The predicted octanol–water partition coefficient (Wildman–Crippen LogP) is 4.90. The highest BCUT2D eigenvalue weighted by Gasteiger charge is 2.31. The number of aliphatic hydroxyl groups is 1. The Kier molecular flexibility index (Phi) is 12.1. The smallest absolute Gasteiger partial charge is 0.258 e. The van der Waals surface area contributed by atoms with E-state index >= 15 is 0 Å². The van der Waals surface area contributed by atoms with Gasteiger partial charge in [0.1, 0.15) is 5.75 Å². The first-order valence-corrected chi connectivity index (χ1v) is 15.5. The van der Waals surface area contributed by atoms with Crippen LogP contribution in [-0.2, 0) is 4.74 Å². The lowest BCUT2D eigenvalue weighted by Gasteiger charge is -2.36. The lowest BCUT2D eigenvalue weighted by atomic mass is 10.0. The van der Waals surface area contributed by atoms with E-state index in [1.54, 1.807) is 78.6 Å². The lowest BCUT2D eigenvalue weighted by Crippen LogP contribution is -2.48. The number of fused-ring (bicyclic) bond motifs is 1. The Morgan fingerprint density at radius 3 is 2.51 bits per heavy atom. The molecule has 0 bridgehead atoms. The van der Waals surface area contributed by atoms with Gasteiger partial charge in [0, 0.05) is 61.9 Å². The van der Waals surface area contributed by atoms with Gasteiger partial charge < -0.3 is 29.7 Å². The zero-order chi connectivity index (χ0) is 32.3. The van der Waals surface area contributed by atoms with Crippen molar-refractivity contribution in [1.29, 1.82) is 0 Å². The van der Waals surface area contributed by atoms with E-state index in [1.807, 2.05) is 32.0 Å². The Labute approximate surface area is 265 Å². The van der Waals surface area contributed by atoms with Crippen molar-refractivity contribution in [3.05, 3.63) is 89.7 Å². The summed E-state index contributed by atoms with van der Waals surface area (Å²) in [4.78, 5) is 47.6. The number of carbonyl (C=O) groups is 3. The van der Waals surface area contributed by atoms with Crippen molar-refractivity contribution >= 4 is 23.4 Å². The molecule has 0 fully saturated rings. The maximum Gasteiger partial charge on any atom is 0.258 e. The van der Waals surface area contributed by atoms with Crippen LogP contribution in [-0.4, -0.2) is 89.2 Å². The molecule has 10 nitrogen and oxygen atoms in total. The molecule has 3 amide bonds. The molecule has 4 rings (SSSR count). The number of anilines is 1. The highest BCUT2D eigenvalue weighted by atomic mass is 16.5. The molecule has 0 spiro atoms. The Hall–Kier alpha value is -4.28. The number of amides is 3. The van der Waals surface area contributed by atoms with Crippen LogP contribution in [0.4, 0.5) is 5.69 Å². The number of ether oxygens (including phenoxy) is 2. The maximum atomic E-state index is 14.3. The number of hydrogen-bond donors (Lipinski definition) is 2. The van der Waals surface area contributed by atoms with E-state index in [1.165, 1.54) is 0 Å². The molecule has 0 radical (unpaired) electrons. The molecule has 1 aliphatic heterocycles. The van der Waals surface area contributed by atoms with Crippen LogP contribution in [0.2, 0.25) is 0 Å². The highest BCUT2D eigenvalue weighted by molar-refractivity contribution is 6.05. The highest BCUT2D eigenvalue weighted by Crippen LogP contribution is 2.29.